The van der Waals surface area contributed by atoms with Crippen molar-refractivity contribution in [3.63, 3.8) is 0 Å². The number of hydrogen-bond acceptors (Lipinski definition) is 4. The van der Waals surface area contributed by atoms with Gasteiger partial charge in [0.15, 0.2) is 5.76 Å². The monoisotopic (exact) mass is 309 g/mol. The Morgan fingerprint density at radius 3 is 2.91 bits per heavy atom. The average molecular weight is 309 g/mol. The SMILES string of the molecule is Cc1cccc2nc3c(c(=O)n12)CN(C(=O)c1ccco1)CC3. The van der Waals surface area contributed by atoms with Gasteiger partial charge < -0.3 is 9.32 Å². The van der Waals surface area contributed by atoms with Crippen LogP contribution in [0.4, 0.5) is 0 Å². The molecule has 6 heteroatoms. The summed E-state index contributed by atoms with van der Waals surface area (Å²) in [6.07, 6.45) is 2.04. The van der Waals surface area contributed by atoms with Gasteiger partial charge in [-0.3, -0.25) is 14.0 Å². The fraction of sp³-hybridized carbons (Fsp3) is 0.235. The number of aromatic nitrogens is 2. The van der Waals surface area contributed by atoms with Gasteiger partial charge in [-0.2, -0.15) is 0 Å². The molecule has 4 heterocycles. The molecule has 0 saturated heterocycles. The van der Waals surface area contributed by atoms with Gasteiger partial charge in [0.25, 0.3) is 11.5 Å². The zero-order valence-corrected chi connectivity index (χ0v) is 12.7. The van der Waals surface area contributed by atoms with Crippen LogP contribution in [0, 0.1) is 6.92 Å². The first-order valence-electron chi connectivity index (χ1n) is 7.48. The minimum absolute atomic E-state index is 0.0972. The molecule has 0 fully saturated rings. The molecule has 1 aliphatic rings. The third kappa shape index (κ3) is 2.14. The number of rotatable bonds is 1. The molecule has 0 aromatic carbocycles. The highest BCUT2D eigenvalue weighted by Gasteiger charge is 2.27. The molecule has 0 radical (unpaired) electrons. The van der Waals surface area contributed by atoms with Crippen molar-refractivity contribution in [3.8, 4) is 0 Å². The lowest BCUT2D eigenvalue weighted by atomic mass is 10.1. The van der Waals surface area contributed by atoms with E-state index >= 15 is 0 Å². The molecule has 3 aromatic rings. The molecule has 3 aromatic heterocycles. The average Bonchev–Trinajstić information content (AvgIpc) is 3.08. The van der Waals surface area contributed by atoms with Crippen LogP contribution >= 0.6 is 0 Å². The first-order valence-corrected chi connectivity index (χ1v) is 7.48. The van der Waals surface area contributed by atoms with Crippen LogP contribution in [-0.4, -0.2) is 26.7 Å². The molecular weight excluding hydrogens is 294 g/mol. The van der Waals surface area contributed by atoms with E-state index in [1.807, 2.05) is 25.1 Å². The number of carbonyl (C=O) groups is 1. The van der Waals surface area contributed by atoms with Gasteiger partial charge in [0.05, 0.1) is 24.1 Å². The lowest BCUT2D eigenvalue weighted by Crippen LogP contribution is -2.40. The molecular formula is C17H15N3O3. The third-order valence-electron chi connectivity index (χ3n) is 4.21. The molecule has 0 spiro atoms. The molecule has 0 bridgehead atoms. The predicted octanol–water partition coefficient (Wildman–Crippen LogP) is 1.79. The standard InChI is InChI=1S/C17H15N3O3/c1-11-4-2-6-15-18-13-7-8-19(10-12(13)16(21)20(11)15)17(22)14-5-3-9-23-14/h2-6,9H,7-8,10H2,1H3. The van der Waals surface area contributed by atoms with Gasteiger partial charge in [-0.25, -0.2) is 4.98 Å². The van der Waals surface area contributed by atoms with E-state index in [0.717, 1.165) is 11.4 Å². The molecule has 0 atom stereocenters. The Morgan fingerprint density at radius 1 is 1.26 bits per heavy atom. The molecule has 1 amide bonds. The predicted molar refractivity (Wildman–Crippen MR) is 83.4 cm³/mol. The third-order valence-corrected chi connectivity index (χ3v) is 4.21. The van der Waals surface area contributed by atoms with Crippen molar-refractivity contribution in [2.24, 2.45) is 0 Å². The Hall–Kier alpha value is -2.89. The fourth-order valence-electron chi connectivity index (χ4n) is 3.02. The number of amides is 1. The first-order chi connectivity index (χ1) is 11.1. The molecule has 0 saturated carbocycles. The molecule has 0 aliphatic carbocycles. The summed E-state index contributed by atoms with van der Waals surface area (Å²) in [5.41, 5.74) is 2.75. The molecule has 23 heavy (non-hydrogen) atoms. The summed E-state index contributed by atoms with van der Waals surface area (Å²) in [5, 5.41) is 0. The second-order valence-corrected chi connectivity index (χ2v) is 5.66. The zero-order valence-electron chi connectivity index (χ0n) is 12.7. The van der Waals surface area contributed by atoms with Crippen LogP contribution in [0.15, 0.2) is 45.8 Å². The summed E-state index contributed by atoms with van der Waals surface area (Å²) < 4.78 is 6.76. The Morgan fingerprint density at radius 2 is 2.13 bits per heavy atom. The maximum Gasteiger partial charge on any atom is 0.289 e. The van der Waals surface area contributed by atoms with E-state index in [1.165, 1.54) is 6.26 Å². The number of fused-ring (bicyclic) bond motifs is 2. The topological polar surface area (TPSA) is 67.8 Å². The van der Waals surface area contributed by atoms with Gasteiger partial charge in [-0.1, -0.05) is 6.07 Å². The summed E-state index contributed by atoms with van der Waals surface area (Å²) >= 11 is 0. The van der Waals surface area contributed by atoms with Gasteiger partial charge in [-0.05, 0) is 31.2 Å². The summed E-state index contributed by atoms with van der Waals surface area (Å²) in [7, 11) is 0. The maximum atomic E-state index is 12.8. The number of carbonyl (C=O) groups excluding carboxylic acids is 1. The van der Waals surface area contributed by atoms with E-state index < -0.39 is 0 Å². The van der Waals surface area contributed by atoms with Crippen molar-refractivity contribution in [2.75, 3.05) is 6.54 Å². The van der Waals surface area contributed by atoms with E-state index in [1.54, 1.807) is 21.4 Å². The highest BCUT2D eigenvalue weighted by atomic mass is 16.3. The largest absolute Gasteiger partial charge is 0.459 e. The van der Waals surface area contributed by atoms with E-state index in [2.05, 4.69) is 4.98 Å². The van der Waals surface area contributed by atoms with Gasteiger partial charge >= 0.3 is 0 Å². The van der Waals surface area contributed by atoms with Crippen LogP contribution in [0.1, 0.15) is 27.5 Å². The number of aryl methyl sites for hydroxylation is 1. The van der Waals surface area contributed by atoms with Crippen molar-refractivity contribution in [1.29, 1.82) is 0 Å². The van der Waals surface area contributed by atoms with E-state index in [4.69, 9.17) is 4.42 Å². The lowest BCUT2D eigenvalue weighted by Gasteiger charge is -2.27. The molecule has 4 rings (SSSR count). The molecule has 116 valence electrons. The number of hydrogen-bond donors (Lipinski definition) is 0. The minimum atomic E-state index is -0.199. The highest BCUT2D eigenvalue weighted by Crippen LogP contribution is 2.18. The Balaban J connectivity index is 1.79. The Labute approximate surface area is 132 Å². The minimum Gasteiger partial charge on any atom is -0.459 e. The van der Waals surface area contributed by atoms with Crippen molar-refractivity contribution in [2.45, 2.75) is 19.9 Å². The second kappa shape index (κ2) is 5.08. The smallest absolute Gasteiger partial charge is 0.289 e. The lowest BCUT2D eigenvalue weighted by molar-refractivity contribution is 0.0700. The molecule has 0 N–H and O–H groups in total. The van der Waals surface area contributed by atoms with Crippen LogP contribution in [0.3, 0.4) is 0 Å². The van der Waals surface area contributed by atoms with Crippen molar-refractivity contribution < 1.29 is 9.21 Å². The molecule has 0 unspecified atom stereocenters. The first kappa shape index (κ1) is 13.8. The van der Waals surface area contributed by atoms with Crippen molar-refractivity contribution >= 4 is 11.6 Å². The fourth-order valence-corrected chi connectivity index (χ4v) is 3.02. The van der Waals surface area contributed by atoms with Crippen LogP contribution in [0.2, 0.25) is 0 Å². The van der Waals surface area contributed by atoms with Gasteiger partial charge in [0.2, 0.25) is 0 Å². The molecule has 1 aliphatic heterocycles. The van der Waals surface area contributed by atoms with Gasteiger partial charge in [-0.15, -0.1) is 0 Å². The van der Waals surface area contributed by atoms with Crippen LogP contribution in [0.25, 0.3) is 5.65 Å². The van der Waals surface area contributed by atoms with Crippen molar-refractivity contribution in [1.82, 2.24) is 14.3 Å². The summed E-state index contributed by atoms with van der Waals surface area (Å²) in [4.78, 5) is 31.5. The van der Waals surface area contributed by atoms with Crippen molar-refractivity contribution in [3.05, 3.63) is 69.7 Å². The van der Waals surface area contributed by atoms with E-state index in [9.17, 15) is 9.59 Å². The second-order valence-electron chi connectivity index (χ2n) is 5.66. The zero-order chi connectivity index (χ0) is 16.0. The summed E-state index contributed by atoms with van der Waals surface area (Å²) in [5.74, 6) is 0.0911. The van der Waals surface area contributed by atoms with E-state index in [0.29, 0.717) is 29.9 Å². The van der Waals surface area contributed by atoms with E-state index in [-0.39, 0.29) is 18.0 Å². The highest BCUT2D eigenvalue weighted by molar-refractivity contribution is 5.91. The van der Waals surface area contributed by atoms with Crippen LogP contribution < -0.4 is 5.56 Å². The summed E-state index contributed by atoms with van der Waals surface area (Å²) in [6, 6.07) is 8.90. The molecule has 6 nitrogen and oxygen atoms in total. The van der Waals surface area contributed by atoms with Crippen LogP contribution in [0.5, 0.6) is 0 Å². The quantitative estimate of drug-likeness (QED) is 0.687. The summed E-state index contributed by atoms with van der Waals surface area (Å²) in [6.45, 7) is 2.66. The number of furan rings is 1. The normalized spacial score (nSPS) is 14.0. The van der Waals surface area contributed by atoms with Crippen LogP contribution in [-0.2, 0) is 13.0 Å². The maximum absolute atomic E-state index is 12.8. The van der Waals surface area contributed by atoms with Gasteiger partial charge in [0, 0.05) is 18.7 Å². The number of pyridine rings is 1. The Kier molecular flexibility index (Phi) is 3.04. The van der Waals surface area contributed by atoms with Gasteiger partial charge in [0.1, 0.15) is 5.65 Å². The number of nitrogens with zero attached hydrogens (tertiary/aromatic N) is 3. The Bertz CT molecular complexity index is 957.